The van der Waals surface area contributed by atoms with Gasteiger partial charge in [-0.15, -0.1) is 11.8 Å². The molecular formula is C15H22BNO3S. The monoisotopic (exact) mass is 307 g/mol. The van der Waals surface area contributed by atoms with Gasteiger partial charge in [0.1, 0.15) is 5.59 Å². The molecule has 1 saturated carbocycles. The van der Waals surface area contributed by atoms with Gasteiger partial charge in [0.15, 0.2) is 5.75 Å². The second-order valence-electron chi connectivity index (χ2n) is 6.63. The molecule has 6 heteroatoms. The fraction of sp³-hybridized carbons (Fsp3) is 0.667. The summed E-state index contributed by atoms with van der Waals surface area (Å²) >= 11 is 1.66. The Labute approximate surface area is 131 Å². The van der Waals surface area contributed by atoms with Crippen molar-refractivity contribution in [3.8, 4) is 5.75 Å². The van der Waals surface area contributed by atoms with Gasteiger partial charge >= 0.3 is 7.12 Å². The third kappa shape index (κ3) is 2.81. The van der Waals surface area contributed by atoms with Crippen molar-refractivity contribution in [2.24, 2.45) is 0 Å². The molecule has 0 atom stereocenters. The summed E-state index contributed by atoms with van der Waals surface area (Å²) in [4.78, 5) is 5.58. The van der Waals surface area contributed by atoms with Crippen LogP contribution in [0, 0.1) is 0 Å². The zero-order valence-corrected chi connectivity index (χ0v) is 14.1. The fourth-order valence-corrected chi connectivity index (χ4v) is 2.74. The van der Waals surface area contributed by atoms with Gasteiger partial charge in [-0.1, -0.05) is 0 Å². The Bertz CT molecular complexity index is 530. The van der Waals surface area contributed by atoms with Crippen molar-refractivity contribution in [1.29, 1.82) is 0 Å². The Kier molecular flexibility index (Phi) is 3.75. The maximum Gasteiger partial charge on any atom is 0.518 e. The average molecular weight is 307 g/mol. The Morgan fingerprint density at radius 3 is 2.38 bits per heavy atom. The number of pyridine rings is 1. The molecule has 2 fully saturated rings. The van der Waals surface area contributed by atoms with E-state index >= 15 is 0 Å². The van der Waals surface area contributed by atoms with Gasteiger partial charge in [-0.25, -0.2) is 0 Å². The standard InChI is InChI=1S/C15H22BNO3S/c1-14(2)15(3,4)20-16(19-14)13-12(18-10-6-7-10)11(21-5)8-9-17-13/h8-10H,6-7H2,1-5H3. The second-order valence-corrected chi connectivity index (χ2v) is 7.48. The highest BCUT2D eigenvalue weighted by Crippen LogP contribution is 2.38. The first-order valence-electron chi connectivity index (χ1n) is 7.39. The van der Waals surface area contributed by atoms with Crippen LogP contribution in [-0.2, 0) is 9.31 Å². The van der Waals surface area contributed by atoms with E-state index in [1.807, 2.05) is 40.0 Å². The molecule has 1 aromatic heterocycles. The predicted molar refractivity (Wildman–Crippen MR) is 85.4 cm³/mol. The number of aromatic nitrogens is 1. The molecule has 0 bridgehead atoms. The maximum absolute atomic E-state index is 6.12. The number of hydrogen-bond donors (Lipinski definition) is 0. The maximum atomic E-state index is 6.12. The molecule has 0 amide bonds. The van der Waals surface area contributed by atoms with E-state index in [-0.39, 0.29) is 11.2 Å². The highest BCUT2D eigenvalue weighted by Gasteiger charge is 2.53. The summed E-state index contributed by atoms with van der Waals surface area (Å²) in [6.45, 7) is 8.19. The Morgan fingerprint density at radius 1 is 1.24 bits per heavy atom. The van der Waals surface area contributed by atoms with Crippen molar-refractivity contribution < 1.29 is 14.0 Å². The molecule has 3 rings (SSSR count). The fourth-order valence-electron chi connectivity index (χ4n) is 2.20. The van der Waals surface area contributed by atoms with Crippen molar-refractivity contribution in [3.05, 3.63) is 12.3 Å². The number of nitrogens with zero attached hydrogens (tertiary/aromatic N) is 1. The van der Waals surface area contributed by atoms with Gasteiger partial charge in [0.05, 0.1) is 22.2 Å². The van der Waals surface area contributed by atoms with Crippen LogP contribution in [0.1, 0.15) is 40.5 Å². The number of hydrogen-bond acceptors (Lipinski definition) is 5. The zero-order chi connectivity index (χ0) is 15.3. The van der Waals surface area contributed by atoms with Gasteiger partial charge in [0.25, 0.3) is 0 Å². The third-order valence-electron chi connectivity index (χ3n) is 4.40. The topological polar surface area (TPSA) is 40.6 Å². The highest BCUT2D eigenvalue weighted by molar-refractivity contribution is 7.98. The van der Waals surface area contributed by atoms with Crippen LogP contribution in [0.3, 0.4) is 0 Å². The molecule has 0 aromatic carbocycles. The molecule has 1 aliphatic heterocycles. The van der Waals surface area contributed by atoms with E-state index in [1.165, 1.54) is 0 Å². The van der Waals surface area contributed by atoms with Gasteiger partial charge in [0.2, 0.25) is 0 Å². The van der Waals surface area contributed by atoms with Gasteiger partial charge in [-0.2, -0.15) is 0 Å². The molecule has 0 unspecified atom stereocenters. The summed E-state index contributed by atoms with van der Waals surface area (Å²) < 4.78 is 18.3. The average Bonchev–Trinajstić information content (AvgIpc) is 3.17. The summed E-state index contributed by atoms with van der Waals surface area (Å²) in [5, 5.41) is 0. The molecule has 0 radical (unpaired) electrons. The van der Waals surface area contributed by atoms with Crippen LogP contribution in [0.15, 0.2) is 17.2 Å². The smallest absolute Gasteiger partial charge is 0.488 e. The summed E-state index contributed by atoms with van der Waals surface area (Å²) in [6, 6.07) is 1.98. The summed E-state index contributed by atoms with van der Waals surface area (Å²) in [5.74, 6) is 0.825. The van der Waals surface area contributed by atoms with Crippen molar-refractivity contribution in [2.75, 3.05) is 6.26 Å². The van der Waals surface area contributed by atoms with E-state index in [4.69, 9.17) is 14.0 Å². The van der Waals surface area contributed by atoms with Gasteiger partial charge in [-0.3, -0.25) is 4.98 Å². The zero-order valence-electron chi connectivity index (χ0n) is 13.3. The van der Waals surface area contributed by atoms with E-state index in [9.17, 15) is 0 Å². The summed E-state index contributed by atoms with van der Waals surface area (Å²) in [5.41, 5.74) is 0.0179. The van der Waals surface area contributed by atoms with E-state index in [2.05, 4.69) is 4.98 Å². The van der Waals surface area contributed by atoms with Gasteiger partial charge in [-0.05, 0) is 52.9 Å². The number of ether oxygens (including phenoxy) is 1. The molecule has 1 aliphatic carbocycles. The molecule has 1 saturated heterocycles. The molecular weight excluding hydrogens is 285 g/mol. The van der Waals surface area contributed by atoms with E-state index in [0.717, 1.165) is 29.1 Å². The van der Waals surface area contributed by atoms with Crippen LogP contribution < -0.4 is 10.3 Å². The minimum atomic E-state index is -0.476. The van der Waals surface area contributed by atoms with Crippen molar-refractivity contribution in [1.82, 2.24) is 4.98 Å². The minimum absolute atomic E-state index is 0.321. The minimum Gasteiger partial charge on any atom is -0.488 e. The second kappa shape index (κ2) is 5.18. The summed E-state index contributed by atoms with van der Waals surface area (Å²) in [7, 11) is -0.476. The van der Waals surface area contributed by atoms with Crippen molar-refractivity contribution in [3.63, 3.8) is 0 Å². The van der Waals surface area contributed by atoms with Crippen LogP contribution >= 0.6 is 11.8 Å². The lowest BCUT2D eigenvalue weighted by molar-refractivity contribution is 0.00578. The lowest BCUT2D eigenvalue weighted by Crippen LogP contribution is -2.41. The lowest BCUT2D eigenvalue weighted by atomic mass is 9.83. The quantitative estimate of drug-likeness (QED) is 0.632. The molecule has 1 aromatic rings. The molecule has 0 N–H and O–H groups in total. The van der Waals surface area contributed by atoms with Gasteiger partial charge < -0.3 is 14.0 Å². The van der Waals surface area contributed by atoms with Crippen LogP contribution in [0.2, 0.25) is 0 Å². The first-order valence-corrected chi connectivity index (χ1v) is 8.62. The van der Waals surface area contributed by atoms with Crippen LogP contribution in [0.4, 0.5) is 0 Å². The molecule has 4 nitrogen and oxygen atoms in total. The van der Waals surface area contributed by atoms with E-state index in [0.29, 0.717) is 6.10 Å². The molecule has 0 spiro atoms. The Hall–Kier alpha value is -0.715. The van der Waals surface area contributed by atoms with Gasteiger partial charge in [0, 0.05) is 6.20 Å². The number of rotatable bonds is 4. The molecule has 2 aliphatic rings. The molecule has 2 heterocycles. The Balaban J connectivity index is 1.95. The number of thioether (sulfide) groups is 1. The first-order chi connectivity index (χ1) is 9.84. The normalized spacial score (nSPS) is 23.4. The largest absolute Gasteiger partial charge is 0.518 e. The molecule has 114 valence electrons. The molecule has 21 heavy (non-hydrogen) atoms. The third-order valence-corrected chi connectivity index (χ3v) is 5.16. The lowest BCUT2D eigenvalue weighted by Gasteiger charge is -2.32. The van der Waals surface area contributed by atoms with Crippen LogP contribution in [0.5, 0.6) is 5.75 Å². The Morgan fingerprint density at radius 2 is 1.86 bits per heavy atom. The van der Waals surface area contributed by atoms with Crippen LogP contribution in [0.25, 0.3) is 0 Å². The van der Waals surface area contributed by atoms with Crippen molar-refractivity contribution in [2.45, 2.75) is 62.7 Å². The van der Waals surface area contributed by atoms with E-state index < -0.39 is 7.12 Å². The van der Waals surface area contributed by atoms with Crippen LogP contribution in [-0.4, -0.2) is 35.7 Å². The highest BCUT2D eigenvalue weighted by atomic mass is 32.2. The SMILES string of the molecule is CSc1ccnc(B2OC(C)(C)C(C)(C)O2)c1OC1CC1. The van der Waals surface area contributed by atoms with E-state index in [1.54, 1.807) is 18.0 Å². The van der Waals surface area contributed by atoms with Crippen molar-refractivity contribution >= 4 is 24.5 Å². The first kappa shape index (κ1) is 15.2. The summed E-state index contributed by atoms with van der Waals surface area (Å²) in [6.07, 6.45) is 6.40. The predicted octanol–water partition coefficient (Wildman–Crippen LogP) is 2.64.